The summed E-state index contributed by atoms with van der Waals surface area (Å²) in [6.07, 6.45) is 12.5. The van der Waals surface area contributed by atoms with Crippen LogP contribution < -0.4 is 9.47 Å². The molecule has 0 heterocycles. The zero-order valence-corrected chi connectivity index (χ0v) is 22.7. The highest BCUT2D eigenvalue weighted by atomic mass is 16.5. The molecule has 0 fully saturated rings. The van der Waals surface area contributed by atoms with Crippen molar-refractivity contribution in [2.75, 3.05) is 14.2 Å². The molecule has 0 radical (unpaired) electrons. The summed E-state index contributed by atoms with van der Waals surface area (Å²) in [6.45, 7) is 4.53. The summed E-state index contributed by atoms with van der Waals surface area (Å²) < 4.78 is 11.8. The van der Waals surface area contributed by atoms with Crippen LogP contribution in [0.3, 0.4) is 0 Å². The zero-order chi connectivity index (χ0) is 25.3. The van der Waals surface area contributed by atoms with E-state index < -0.39 is 0 Å². The number of methoxy groups -OCH3 is 2. The third-order valence-electron chi connectivity index (χ3n) is 7.42. The number of fused-ring (bicyclic) bond motifs is 2. The molecule has 4 aromatic carbocycles. The van der Waals surface area contributed by atoms with Crippen molar-refractivity contribution in [1.29, 1.82) is 0 Å². The van der Waals surface area contributed by atoms with Crippen LogP contribution in [-0.2, 0) is 12.8 Å². The van der Waals surface area contributed by atoms with Gasteiger partial charge in [0.1, 0.15) is 11.5 Å². The molecule has 2 heteroatoms. The van der Waals surface area contributed by atoms with Gasteiger partial charge in [-0.05, 0) is 70.5 Å². The number of unbranched alkanes of at least 4 members (excludes halogenated alkanes) is 6. The van der Waals surface area contributed by atoms with Crippen LogP contribution in [0.5, 0.6) is 11.5 Å². The van der Waals surface area contributed by atoms with Crippen molar-refractivity contribution in [3.05, 3.63) is 71.8 Å². The van der Waals surface area contributed by atoms with E-state index in [2.05, 4.69) is 74.5 Å². The molecule has 0 aliphatic heterocycles. The fourth-order valence-corrected chi connectivity index (χ4v) is 5.40. The molecule has 4 aromatic rings. The van der Waals surface area contributed by atoms with E-state index in [0.29, 0.717) is 0 Å². The van der Waals surface area contributed by atoms with Crippen LogP contribution >= 0.6 is 0 Å². The van der Waals surface area contributed by atoms with Crippen LogP contribution in [0.15, 0.2) is 60.7 Å². The Bertz CT molecular complexity index is 1190. The van der Waals surface area contributed by atoms with Crippen molar-refractivity contribution in [2.24, 2.45) is 0 Å². The monoisotopic (exact) mass is 482 g/mol. The van der Waals surface area contributed by atoms with E-state index in [1.165, 1.54) is 84.0 Å². The molecule has 0 aliphatic carbocycles. The quantitative estimate of drug-likeness (QED) is 0.176. The van der Waals surface area contributed by atoms with Crippen LogP contribution in [0.2, 0.25) is 0 Å². The maximum absolute atomic E-state index is 5.92. The Morgan fingerprint density at radius 2 is 0.944 bits per heavy atom. The van der Waals surface area contributed by atoms with Gasteiger partial charge >= 0.3 is 0 Å². The van der Waals surface area contributed by atoms with Crippen molar-refractivity contribution in [3.63, 3.8) is 0 Å². The summed E-state index contributed by atoms with van der Waals surface area (Å²) in [4.78, 5) is 0. The van der Waals surface area contributed by atoms with Gasteiger partial charge in [0, 0.05) is 11.1 Å². The lowest BCUT2D eigenvalue weighted by Crippen LogP contribution is -1.96. The van der Waals surface area contributed by atoms with Gasteiger partial charge in [-0.2, -0.15) is 0 Å². The van der Waals surface area contributed by atoms with Crippen LogP contribution in [0, 0.1) is 0 Å². The maximum atomic E-state index is 5.92. The van der Waals surface area contributed by atoms with Crippen molar-refractivity contribution < 1.29 is 9.47 Å². The second-order valence-electron chi connectivity index (χ2n) is 10.0. The minimum Gasteiger partial charge on any atom is -0.496 e. The number of rotatable bonds is 13. The first-order valence-electron chi connectivity index (χ1n) is 13.9. The van der Waals surface area contributed by atoms with Gasteiger partial charge in [-0.25, -0.2) is 0 Å². The summed E-state index contributed by atoms with van der Waals surface area (Å²) in [5.74, 6) is 1.76. The zero-order valence-electron chi connectivity index (χ0n) is 22.7. The molecule has 2 nitrogen and oxygen atoms in total. The number of hydrogen-bond acceptors (Lipinski definition) is 2. The molecule has 0 N–H and O–H groups in total. The minimum absolute atomic E-state index is 0.882. The molecule has 0 bridgehead atoms. The third kappa shape index (κ3) is 5.86. The summed E-state index contributed by atoms with van der Waals surface area (Å²) in [6, 6.07) is 22.5. The topological polar surface area (TPSA) is 18.5 Å². The minimum atomic E-state index is 0.882. The van der Waals surface area contributed by atoms with Crippen LogP contribution in [0.25, 0.3) is 32.7 Å². The molecule has 0 saturated carbocycles. The van der Waals surface area contributed by atoms with Gasteiger partial charge in [-0.15, -0.1) is 0 Å². The summed E-state index contributed by atoms with van der Waals surface area (Å²) in [5, 5.41) is 4.93. The first-order valence-corrected chi connectivity index (χ1v) is 13.9. The standard InChI is InChI=1S/C34H42O2/c1-5-7-9-11-13-25-15-19-29-27(23-25)17-21-31(35-3)33(29)34-30-20-16-26(14-12-10-8-6-2)24-28(30)18-22-32(34)36-4/h15-24H,5-14H2,1-4H3. The van der Waals surface area contributed by atoms with Gasteiger partial charge in [0.05, 0.1) is 14.2 Å². The Morgan fingerprint density at radius 1 is 0.500 bits per heavy atom. The first-order chi connectivity index (χ1) is 17.7. The van der Waals surface area contributed by atoms with Crippen molar-refractivity contribution in [2.45, 2.75) is 78.1 Å². The number of aryl methyl sites for hydroxylation is 2. The molecule has 36 heavy (non-hydrogen) atoms. The molecule has 190 valence electrons. The molecular formula is C34H42O2. The highest BCUT2D eigenvalue weighted by molar-refractivity contribution is 6.10. The van der Waals surface area contributed by atoms with E-state index in [1.807, 2.05) is 0 Å². The Balaban J connectivity index is 1.78. The maximum Gasteiger partial charge on any atom is 0.127 e. The second kappa shape index (κ2) is 12.8. The molecule has 0 saturated heterocycles. The van der Waals surface area contributed by atoms with Crippen molar-refractivity contribution in [3.8, 4) is 22.6 Å². The predicted molar refractivity (Wildman–Crippen MR) is 156 cm³/mol. The van der Waals surface area contributed by atoms with Crippen LogP contribution in [0.4, 0.5) is 0 Å². The van der Waals surface area contributed by atoms with E-state index in [9.17, 15) is 0 Å². The first kappa shape index (κ1) is 26.1. The summed E-state index contributed by atoms with van der Waals surface area (Å²) in [5.41, 5.74) is 5.05. The van der Waals surface area contributed by atoms with Gasteiger partial charge in [0.15, 0.2) is 0 Å². The second-order valence-corrected chi connectivity index (χ2v) is 10.0. The average Bonchev–Trinajstić information content (AvgIpc) is 2.92. The molecule has 0 unspecified atom stereocenters. The van der Waals surface area contributed by atoms with E-state index >= 15 is 0 Å². The average molecular weight is 483 g/mol. The number of hydrogen-bond donors (Lipinski definition) is 0. The lowest BCUT2D eigenvalue weighted by Gasteiger charge is -2.18. The van der Waals surface area contributed by atoms with E-state index in [1.54, 1.807) is 14.2 Å². The fraction of sp³-hybridized carbons (Fsp3) is 0.412. The predicted octanol–water partition coefficient (Wildman–Crippen LogP) is 9.92. The summed E-state index contributed by atoms with van der Waals surface area (Å²) in [7, 11) is 3.53. The molecule has 0 aromatic heterocycles. The van der Waals surface area contributed by atoms with Gasteiger partial charge < -0.3 is 9.47 Å². The molecule has 0 aliphatic rings. The van der Waals surface area contributed by atoms with Gasteiger partial charge in [-0.3, -0.25) is 0 Å². The smallest absolute Gasteiger partial charge is 0.127 e. The molecule has 0 spiro atoms. The Hall–Kier alpha value is -3.00. The Morgan fingerprint density at radius 3 is 1.33 bits per heavy atom. The SMILES string of the molecule is CCCCCCc1ccc2c(-c3c(OC)ccc4cc(CCCCCC)ccc34)c(OC)ccc2c1. The molecule has 4 rings (SSSR count). The summed E-state index contributed by atoms with van der Waals surface area (Å²) >= 11 is 0. The highest BCUT2D eigenvalue weighted by Crippen LogP contribution is 2.45. The Labute approximate surface area is 217 Å². The third-order valence-corrected chi connectivity index (χ3v) is 7.42. The largest absolute Gasteiger partial charge is 0.496 e. The Kier molecular flexibility index (Phi) is 9.28. The number of ether oxygens (including phenoxy) is 2. The molecule has 0 atom stereocenters. The van der Waals surface area contributed by atoms with E-state index in [0.717, 1.165) is 35.5 Å². The normalized spacial score (nSPS) is 11.3. The van der Waals surface area contributed by atoms with E-state index in [-0.39, 0.29) is 0 Å². The van der Waals surface area contributed by atoms with Crippen molar-refractivity contribution >= 4 is 21.5 Å². The van der Waals surface area contributed by atoms with Gasteiger partial charge in [0.2, 0.25) is 0 Å². The van der Waals surface area contributed by atoms with Crippen molar-refractivity contribution in [1.82, 2.24) is 0 Å². The van der Waals surface area contributed by atoms with E-state index in [4.69, 9.17) is 9.47 Å². The van der Waals surface area contributed by atoms with Gasteiger partial charge in [-0.1, -0.05) is 101 Å². The van der Waals surface area contributed by atoms with Gasteiger partial charge in [0.25, 0.3) is 0 Å². The lowest BCUT2D eigenvalue weighted by molar-refractivity contribution is 0.411. The lowest BCUT2D eigenvalue weighted by atomic mass is 9.90. The van der Waals surface area contributed by atoms with Crippen LogP contribution in [-0.4, -0.2) is 14.2 Å². The highest BCUT2D eigenvalue weighted by Gasteiger charge is 2.19. The van der Waals surface area contributed by atoms with Crippen LogP contribution in [0.1, 0.15) is 76.3 Å². The fourth-order valence-electron chi connectivity index (χ4n) is 5.40. The number of benzene rings is 4. The molecule has 0 amide bonds. The molecular weight excluding hydrogens is 440 g/mol.